The number of anilines is 1. The summed E-state index contributed by atoms with van der Waals surface area (Å²) in [5, 5.41) is 5.43. The molecule has 0 aliphatic carbocycles. The standard InChI is InChI=1S/C26H29Cl2N5O2/c1-18-8-9-20(27)15-23(18)32-11-13-33(14-12-32)26(34)19-5-4-10-31(16-19)17-24-29-25(30-35-24)21-6-2-3-7-22(21)28/h2-3,6-9,15,19H,4-5,10-14,16-17H2,1H3. The molecule has 0 radical (unpaired) electrons. The van der Waals surface area contributed by atoms with E-state index in [9.17, 15) is 4.79 Å². The minimum absolute atomic E-state index is 0.00540. The van der Waals surface area contributed by atoms with Gasteiger partial charge in [0.05, 0.1) is 17.5 Å². The van der Waals surface area contributed by atoms with Crippen LogP contribution in [0.4, 0.5) is 5.69 Å². The van der Waals surface area contributed by atoms with Crippen molar-refractivity contribution in [1.82, 2.24) is 19.9 Å². The average Bonchev–Trinajstić information content (AvgIpc) is 3.34. The SMILES string of the molecule is Cc1ccc(Cl)cc1N1CCN(C(=O)C2CCCN(Cc3nc(-c4ccccc4Cl)no3)C2)CC1. The predicted octanol–water partition coefficient (Wildman–Crippen LogP) is 4.91. The Morgan fingerprint density at radius 3 is 2.69 bits per heavy atom. The summed E-state index contributed by atoms with van der Waals surface area (Å²) in [6, 6.07) is 13.4. The van der Waals surface area contributed by atoms with Gasteiger partial charge in [0.15, 0.2) is 0 Å². The maximum absolute atomic E-state index is 13.3. The van der Waals surface area contributed by atoms with Gasteiger partial charge in [0.25, 0.3) is 0 Å². The van der Waals surface area contributed by atoms with Crippen molar-refractivity contribution in [3.63, 3.8) is 0 Å². The second kappa shape index (κ2) is 10.6. The summed E-state index contributed by atoms with van der Waals surface area (Å²) < 4.78 is 5.49. The molecular formula is C26H29Cl2N5O2. The summed E-state index contributed by atoms with van der Waals surface area (Å²) in [6.07, 6.45) is 1.89. The van der Waals surface area contributed by atoms with Gasteiger partial charge in [-0.15, -0.1) is 0 Å². The highest BCUT2D eigenvalue weighted by molar-refractivity contribution is 6.33. The number of carbonyl (C=O) groups excluding carboxylic acids is 1. The van der Waals surface area contributed by atoms with E-state index in [1.54, 1.807) is 0 Å². The van der Waals surface area contributed by atoms with Gasteiger partial charge in [-0.1, -0.05) is 46.6 Å². The molecule has 2 aliphatic rings. The molecule has 9 heteroatoms. The van der Waals surface area contributed by atoms with Gasteiger partial charge in [-0.05, 0) is 56.1 Å². The van der Waals surface area contributed by atoms with Crippen molar-refractivity contribution >= 4 is 34.8 Å². The zero-order chi connectivity index (χ0) is 24.4. The third-order valence-corrected chi connectivity index (χ3v) is 7.46. The van der Waals surface area contributed by atoms with Gasteiger partial charge >= 0.3 is 0 Å². The van der Waals surface area contributed by atoms with E-state index < -0.39 is 0 Å². The molecule has 3 aromatic rings. The minimum Gasteiger partial charge on any atom is -0.368 e. The van der Waals surface area contributed by atoms with Crippen molar-refractivity contribution < 1.29 is 9.32 Å². The highest BCUT2D eigenvalue weighted by atomic mass is 35.5. The number of aryl methyl sites for hydroxylation is 1. The normalized spacial score (nSPS) is 19.2. The summed E-state index contributed by atoms with van der Waals surface area (Å²) in [5.74, 6) is 1.27. The van der Waals surface area contributed by atoms with Gasteiger partial charge in [-0.2, -0.15) is 4.98 Å². The first kappa shape index (κ1) is 24.1. The van der Waals surface area contributed by atoms with Crippen LogP contribution in [-0.2, 0) is 11.3 Å². The Balaban J connectivity index is 1.17. The average molecular weight is 514 g/mol. The Bertz CT molecular complexity index is 1190. The number of halogens is 2. The van der Waals surface area contributed by atoms with E-state index in [0.29, 0.717) is 29.8 Å². The van der Waals surface area contributed by atoms with E-state index in [0.717, 1.165) is 61.8 Å². The lowest BCUT2D eigenvalue weighted by molar-refractivity contribution is -0.137. The number of nitrogens with zero attached hydrogens (tertiary/aromatic N) is 5. The van der Waals surface area contributed by atoms with Crippen molar-refractivity contribution in [1.29, 1.82) is 0 Å². The second-order valence-corrected chi connectivity index (χ2v) is 10.2. The molecule has 0 bridgehead atoms. The Labute approximate surface area is 215 Å². The first-order valence-electron chi connectivity index (χ1n) is 12.1. The number of amides is 1. The number of carbonyl (C=O) groups is 1. The number of hydrogen-bond donors (Lipinski definition) is 0. The third-order valence-electron chi connectivity index (χ3n) is 6.90. The van der Waals surface area contributed by atoms with Crippen LogP contribution in [0.2, 0.25) is 10.0 Å². The molecule has 2 aromatic carbocycles. The van der Waals surface area contributed by atoms with E-state index in [1.165, 1.54) is 5.56 Å². The Hall–Kier alpha value is -2.61. The topological polar surface area (TPSA) is 65.7 Å². The fourth-order valence-electron chi connectivity index (χ4n) is 5.01. The van der Waals surface area contributed by atoms with Crippen LogP contribution in [0.5, 0.6) is 0 Å². The van der Waals surface area contributed by atoms with E-state index in [-0.39, 0.29) is 11.8 Å². The van der Waals surface area contributed by atoms with E-state index in [4.69, 9.17) is 27.7 Å². The number of aromatic nitrogens is 2. The largest absolute Gasteiger partial charge is 0.368 e. The zero-order valence-electron chi connectivity index (χ0n) is 19.8. The van der Waals surface area contributed by atoms with Crippen LogP contribution in [0, 0.1) is 12.8 Å². The van der Waals surface area contributed by atoms with Crippen LogP contribution >= 0.6 is 23.2 Å². The van der Waals surface area contributed by atoms with Crippen LogP contribution in [0.15, 0.2) is 47.0 Å². The number of piperidine rings is 1. The van der Waals surface area contributed by atoms with Gasteiger partial charge < -0.3 is 14.3 Å². The first-order chi connectivity index (χ1) is 17.0. The Morgan fingerprint density at radius 1 is 1.09 bits per heavy atom. The van der Waals surface area contributed by atoms with Crippen molar-refractivity contribution in [3.8, 4) is 11.4 Å². The number of piperazine rings is 1. The lowest BCUT2D eigenvalue weighted by Gasteiger charge is -2.40. The molecule has 0 N–H and O–H groups in total. The van der Waals surface area contributed by atoms with Crippen molar-refractivity contribution in [2.75, 3.05) is 44.2 Å². The van der Waals surface area contributed by atoms with Crippen molar-refractivity contribution in [2.45, 2.75) is 26.3 Å². The van der Waals surface area contributed by atoms with E-state index in [2.05, 4.69) is 26.9 Å². The molecule has 1 aromatic heterocycles. The minimum atomic E-state index is -0.00540. The monoisotopic (exact) mass is 513 g/mol. The van der Waals surface area contributed by atoms with Crippen LogP contribution in [-0.4, -0.2) is 65.1 Å². The second-order valence-electron chi connectivity index (χ2n) is 9.31. The molecular weight excluding hydrogens is 485 g/mol. The molecule has 3 heterocycles. The maximum Gasteiger partial charge on any atom is 0.241 e. The van der Waals surface area contributed by atoms with E-state index >= 15 is 0 Å². The molecule has 0 saturated carbocycles. The van der Waals surface area contributed by atoms with Crippen molar-refractivity contribution in [2.24, 2.45) is 5.92 Å². The molecule has 5 rings (SSSR count). The van der Waals surface area contributed by atoms with Crippen LogP contribution < -0.4 is 4.90 Å². The van der Waals surface area contributed by atoms with Gasteiger partial charge in [-0.3, -0.25) is 9.69 Å². The summed E-state index contributed by atoms with van der Waals surface area (Å²) in [7, 11) is 0. The Morgan fingerprint density at radius 2 is 1.89 bits per heavy atom. The van der Waals surface area contributed by atoms with E-state index in [1.807, 2.05) is 47.4 Å². The van der Waals surface area contributed by atoms with Gasteiger partial charge in [0.2, 0.25) is 17.6 Å². The summed E-state index contributed by atoms with van der Waals surface area (Å²) in [5.41, 5.74) is 3.11. The predicted molar refractivity (Wildman–Crippen MR) is 138 cm³/mol. The van der Waals surface area contributed by atoms with Crippen LogP contribution in [0.1, 0.15) is 24.3 Å². The number of hydrogen-bond acceptors (Lipinski definition) is 6. The summed E-state index contributed by atoms with van der Waals surface area (Å²) >= 11 is 12.5. The Kier molecular flexibility index (Phi) is 7.27. The molecule has 0 spiro atoms. The number of likely N-dealkylation sites (tertiary alicyclic amines) is 1. The highest BCUT2D eigenvalue weighted by Crippen LogP contribution is 2.28. The van der Waals surface area contributed by atoms with Gasteiger partial charge in [0.1, 0.15) is 0 Å². The van der Waals surface area contributed by atoms with Crippen molar-refractivity contribution in [3.05, 3.63) is 64.0 Å². The van der Waals surface area contributed by atoms with Crippen LogP contribution in [0.3, 0.4) is 0 Å². The highest BCUT2D eigenvalue weighted by Gasteiger charge is 2.32. The lowest BCUT2D eigenvalue weighted by Crippen LogP contribution is -2.52. The fourth-order valence-corrected chi connectivity index (χ4v) is 5.40. The summed E-state index contributed by atoms with van der Waals surface area (Å²) in [6.45, 7) is 7.33. The smallest absolute Gasteiger partial charge is 0.241 e. The molecule has 184 valence electrons. The molecule has 7 nitrogen and oxygen atoms in total. The quantitative estimate of drug-likeness (QED) is 0.482. The fraction of sp³-hybridized carbons (Fsp3) is 0.423. The summed E-state index contributed by atoms with van der Waals surface area (Å²) in [4.78, 5) is 24.4. The zero-order valence-corrected chi connectivity index (χ0v) is 21.3. The lowest BCUT2D eigenvalue weighted by atomic mass is 9.96. The van der Waals surface area contributed by atoms with Gasteiger partial charge in [0, 0.05) is 49.0 Å². The number of benzene rings is 2. The first-order valence-corrected chi connectivity index (χ1v) is 12.8. The maximum atomic E-state index is 13.3. The molecule has 1 amide bonds. The molecule has 2 aliphatic heterocycles. The molecule has 1 atom stereocenters. The third kappa shape index (κ3) is 5.47. The van der Waals surface area contributed by atoms with Crippen LogP contribution in [0.25, 0.3) is 11.4 Å². The number of rotatable bonds is 5. The molecule has 1 unspecified atom stereocenters. The molecule has 2 fully saturated rings. The molecule has 2 saturated heterocycles. The van der Waals surface area contributed by atoms with Gasteiger partial charge in [-0.25, -0.2) is 0 Å². The molecule has 35 heavy (non-hydrogen) atoms.